The number of aromatic nitrogens is 2. The van der Waals surface area contributed by atoms with E-state index in [4.69, 9.17) is 0 Å². The van der Waals surface area contributed by atoms with E-state index in [0.29, 0.717) is 0 Å². The Morgan fingerprint density at radius 1 is 1.23 bits per heavy atom. The van der Waals surface area contributed by atoms with Crippen molar-refractivity contribution in [2.24, 2.45) is 0 Å². The Labute approximate surface area is 150 Å². The predicted octanol–water partition coefficient (Wildman–Crippen LogP) is 2.75. The number of carbonyl (C=O) groups is 1. The molecule has 2 aromatic heterocycles. The van der Waals surface area contributed by atoms with Gasteiger partial charge in [0.05, 0.1) is 12.4 Å². The fourth-order valence-corrected chi connectivity index (χ4v) is 3.90. The smallest absolute Gasteiger partial charge is 0.341 e. The Hall–Kier alpha value is -2.86. The molecule has 6 nitrogen and oxygen atoms in total. The van der Waals surface area contributed by atoms with Crippen LogP contribution in [0.3, 0.4) is 0 Å². The third-order valence-corrected chi connectivity index (χ3v) is 5.09. The Balaban J connectivity index is 2.09. The highest BCUT2D eigenvalue weighted by atomic mass is 16.4. The number of hydrogen-bond acceptors (Lipinski definition) is 3. The maximum atomic E-state index is 12.8. The van der Waals surface area contributed by atoms with Gasteiger partial charge in [-0.2, -0.15) is 0 Å². The van der Waals surface area contributed by atoms with Gasteiger partial charge in [0.1, 0.15) is 5.56 Å². The minimum Gasteiger partial charge on any atom is -0.477 e. The molecule has 0 atom stereocenters. The van der Waals surface area contributed by atoms with E-state index in [9.17, 15) is 14.7 Å². The summed E-state index contributed by atoms with van der Waals surface area (Å²) in [6.45, 7) is 0.271. The molecule has 0 saturated heterocycles. The molecule has 3 N–H and O–H groups in total. The minimum atomic E-state index is -1.17. The molecule has 26 heavy (non-hydrogen) atoms. The zero-order chi connectivity index (χ0) is 18.3. The van der Waals surface area contributed by atoms with Crippen molar-refractivity contribution in [2.45, 2.75) is 32.4 Å². The number of nitrogens with one attached hydrogen (secondary N) is 2. The summed E-state index contributed by atoms with van der Waals surface area (Å²) in [5.74, 6) is -1.17. The summed E-state index contributed by atoms with van der Waals surface area (Å²) in [6, 6.07) is 7.85. The van der Waals surface area contributed by atoms with Gasteiger partial charge in [0, 0.05) is 22.7 Å². The molecule has 3 aromatic rings. The van der Waals surface area contributed by atoms with E-state index in [1.807, 2.05) is 12.3 Å². The number of aromatic amines is 1. The van der Waals surface area contributed by atoms with Crippen LogP contribution in [-0.4, -0.2) is 27.7 Å². The summed E-state index contributed by atoms with van der Waals surface area (Å²) in [5.41, 5.74) is 4.43. The van der Waals surface area contributed by atoms with Gasteiger partial charge in [-0.25, -0.2) is 4.79 Å². The van der Waals surface area contributed by atoms with Crippen LogP contribution in [0.5, 0.6) is 0 Å². The van der Waals surface area contributed by atoms with Crippen LogP contribution in [0.15, 0.2) is 35.3 Å². The summed E-state index contributed by atoms with van der Waals surface area (Å²) in [6.07, 6.45) is 5.62. The predicted molar refractivity (Wildman–Crippen MR) is 101 cm³/mol. The van der Waals surface area contributed by atoms with Crippen molar-refractivity contribution in [1.82, 2.24) is 14.9 Å². The van der Waals surface area contributed by atoms with Crippen molar-refractivity contribution in [1.29, 1.82) is 0 Å². The van der Waals surface area contributed by atoms with Gasteiger partial charge in [-0.1, -0.05) is 0 Å². The number of aromatic carboxylic acids is 1. The van der Waals surface area contributed by atoms with Crippen LogP contribution in [0.2, 0.25) is 0 Å². The standard InChI is InChI=1S/C20H21N3O3/c1-21-11-23-18-14(9-16(19(23)24)20(25)26)5-3-2-4-12-10-17-13(6-7-22-17)8-15(12)18/h6-10,21-22H,2-5,11H2,1H3,(H,25,26). The topological polar surface area (TPSA) is 87.1 Å². The van der Waals surface area contributed by atoms with Crippen LogP contribution in [0.1, 0.15) is 34.3 Å². The van der Waals surface area contributed by atoms with Crippen molar-refractivity contribution >= 4 is 16.9 Å². The molecule has 0 bridgehead atoms. The fourth-order valence-electron chi connectivity index (χ4n) is 3.90. The van der Waals surface area contributed by atoms with Gasteiger partial charge in [0.2, 0.25) is 0 Å². The average Bonchev–Trinajstić information content (AvgIpc) is 3.05. The number of rotatable bonds is 3. The van der Waals surface area contributed by atoms with Crippen LogP contribution in [0, 0.1) is 0 Å². The molecule has 0 saturated carbocycles. The average molecular weight is 351 g/mol. The number of benzene rings is 1. The monoisotopic (exact) mass is 351 g/mol. The van der Waals surface area contributed by atoms with E-state index in [0.717, 1.165) is 53.4 Å². The van der Waals surface area contributed by atoms with Gasteiger partial charge in [0.15, 0.2) is 0 Å². The first-order chi connectivity index (χ1) is 12.6. The van der Waals surface area contributed by atoms with E-state index >= 15 is 0 Å². The molecule has 1 aliphatic rings. The Morgan fingerprint density at radius 2 is 2.00 bits per heavy atom. The SMILES string of the molecule is CNCn1c2c(cc(C(=O)O)c1=O)CCCCc1cc3[nH]ccc3cc1-2. The number of carboxylic acids is 1. The number of pyridine rings is 1. The van der Waals surface area contributed by atoms with Crippen molar-refractivity contribution in [2.75, 3.05) is 7.05 Å². The fraction of sp³-hybridized carbons (Fsp3) is 0.300. The number of aryl methyl sites for hydroxylation is 2. The molecular weight excluding hydrogens is 330 g/mol. The zero-order valence-electron chi connectivity index (χ0n) is 14.6. The van der Waals surface area contributed by atoms with Crippen molar-refractivity contribution in [3.63, 3.8) is 0 Å². The molecule has 0 radical (unpaired) electrons. The molecule has 2 heterocycles. The second kappa shape index (κ2) is 6.46. The first-order valence-corrected chi connectivity index (χ1v) is 8.85. The molecule has 0 spiro atoms. The van der Waals surface area contributed by atoms with E-state index in [2.05, 4.69) is 22.4 Å². The van der Waals surface area contributed by atoms with E-state index in [1.54, 1.807) is 17.7 Å². The van der Waals surface area contributed by atoms with E-state index in [-0.39, 0.29) is 12.2 Å². The van der Waals surface area contributed by atoms with E-state index in [1.165, 1.54) is 5.56 Å². The number of hydrogen-bond donors (Lipinski definition) is 3. The molecule has 1 aromatic carbocycles. The highest BCUT2D eigenvalue weighted by Gasteiger charge is 2.23. The quantitative estimate of drug-likeness (QED) is 0.677. The molecular formula is C20H21N3O3. The highest BCUT2D eigenvalue weighted by molar-refractivity contribution is 5.90. The largest absolute Gasteiger partial charge is 0.477 e. The summed E-state index contributed by atoms with van der Waals surface area (Å²) < 4.78 is 1.57. The number of H-pyrrole nitrogens is 1. The highest BCUT2D eigenvalue weighted by Crippen LogP contribution is 2.34. The van der Waals surface area contributed by atoms with E-state index < -0.39 is 11.5 Å². The van der Waals surface area contributed by atoms with Gasteiger partial charge in [-0.05, 0) is 68.1 Å². The van der Waals surface area contributed by atoms with Crippen molar-refractivity contribution < 1.29 is 9.90 Å². The maximum absolute atomic E-state index is 12.8. The molecule has 0 amide bonds. The number of fused-ring (bicyclic) bond motifs is 4. The lowest BCUT2D eigenvalue weighted by Crippen LogP contribution is -2.33. The first-order valence-electron chi connectivity index (χ1n) is 8.85. The number of nitrogens with zero attached hydrogens (tertiary/aromatic N) is 1. The minimum absolute atomic E-state index is 0.163. The van der Waals surface area contributed by atoms with Crippen LogP contribution in [0.4, 0.5) is 0 Å². The maximum Gasteiger partial charge on any atom is 0.341 e. The van der Waals surface area contributed by atoms with Crippen LogP contribution >= 0.6 is 0 Å². The second-order valence-electron chi connectivity index (χ2n) is 6.76. The Kier molecular flexibility index (Phi) is 4.12. The normalized spacial score (nSPS) is 13.7. The molecule has 0 fully saturated rings. The van der Waals surface area contributed by atoms with Crippen molar-refractivity contribution in [3.05, 3.63) is 57.5 Å². The van der Waals surface area contributed by atoms with Crippen LogP contribution in [0.25, 0.3) is 22.2 Å². The lowest BCUT2D eigenvalue weighted by molar-refractivity contribution is 0.0694. The third kappa shape index (κ3) is 2.63. The van der Waals surface area contributed by atoms with Gasteiger partial charge < -0.3 is 15.4 Å². The summed E-state index contributed by atoms with van der Waals surface area (Å²) in [4.78, 5) is 27.6. The third-order valence-electron chi connectivity index (χ3n) is 5.09. The Bertz CT molecular complexity index is 1060. The molecule has 6 heteroatoms. The number of carboxylic acid groups (broad SMARTS) is 1. The molecule has 0 unspecified atom stereocenters. The lowest BCUT2D eigenvalue weighted by Gasteiger charge is -2.23. The van der Waals surface area contributed by atoms with Crippen LogP contribution < -0.4 is 10.9 Å². The summed E-state index contributed by atoms with van der Waals surface area (Å²) >= 11 is 0. The Morgan fingerprint density at radius 3 is 2.73 bits per heavy atom. The lowest BCUT2D eigenvalue weighted by atomic mass is 9.89. The van der Waals surface area contributed by atoms with Gasteiger partial charge in [0.25, 0.3) is 5.56 Å². The summed E-state index contributed by atoms with van der Waals surface area (Å²) in [7, 11) is 1.76. The van der Waals surface area contributed by atoms with Gasteiger partial charge in [-0.15, -0.1) is 0 Å². The first kappa shape index (κ1) is 16.6. The van der Waals surface area contributed by atoms with Crippen molar-refractivity contribution in [3.8, 4) is 11.3 Å². The van der Waals surface area contributed by atoms with Gasteiger partial charge >= 0.3 is 5.97 Å². The van der Waals surface area contributed by atoms with Gasteiger partial charge in [-0.3, -0.25) is 9.36 Å². The van der Waals surface area contributed by atoms with Crippen LogP contribution in [-0.2, 0) is 19.5 Å². The second-order valence-corrected chi connectivity index (χ2v) is 6.76. The molecule has 0 aliphatic heterocycles. The molecule has 1 aliphatic carbocycles. The summed E-state index contributed by atoms with van der Waals surface area (Å²) in [5, 5.41) is 13.5. The molecule has 4 rings (SSSR count). The molecule has 134 valence electrons. The zero-order valence-corrected chi connectivity index (χ0v) is 14.6.